The molecule has 1 rings (SSSR count). The van der Waals surface area contributed by atoms with Gasteiger partial charge in [0.1, 0.15) is 0 Å². The Bertz CT molecular complexity index is 397. The fourth-order valence-corrected chi connectivity index (χ4v) is 2.29. The standard InChI is InChI=1S/C17H29NO3/c1-4-18-17(3,14-19)12-8-9-13-21-16-11-7-6-10-15(16)20-5-2/h6-7,10-11,18-19H,4-5,8-9,12-14H2,1-3H3. The number of likely N-dealkylation sites (N-methyl/N-ethyl adjacent to an activating group) is 1. The van der Waals surface area contributed by atoms with Gasteiger partial charge in [0, 0.05) is 5.54 Å². The van der Waals surface area contributed by atoms with Crippen molar-refractivity contribution in [3.05, 3.63) is 24.3 Å². The van der Waals surface area contributed by atoms with Gasteiger partial charge in [0.2, 0.25) is 0 Å². The molecule has 1 aromatic carbocycles. The SMILES string of the molecule is CCNC(C)(CO)CCCCOc1ccccc1OCC. The summed E-state index contributed by atoms with van der Waals surface area (Å²) in [6, 6.07) is 7.75. The molecule has 21 heavy (non-hydrogen) atoms. The molecule has 0 fully saturated rings. The number of rotatable bonds is 11. The number of aliphatic hydroxyl groups is 1. The summed E-state index contributed by atoms with van der Waals surface area (Å²) in [6.45, 7) is 8.41. The summed E-state index contributed by atoms with van der Waals surface area (Å²) in [4.78, 5) is 0. The quantitative estimate of drug-likeness (QED) is 0.616. The lowest BCUT2D eigenvalue weighted by molar-refractivity contribution is 0.162. The van der Waals surface area contributed by atoms with E-state index in [1.165, 1.54) is 0 Å². The van der Waals surface area contributed by atoms with Crippen LogP contribution in [-0.4, -0.2) is 37.0 Å². The van der Waals surface area contributed by atoms with Crippen molar-refractivity contribution in [3.63, 3.8) is 0 Å². The zero-order valence-corrected chi connectivity index (χ0v) is 13.5. The average molecular weight is 295 g/mol. The minimum absolute atomic E-state index is 0.162. The van der Waals surface area contributed by atoms with Crippen molar-refractivity contribution in [3.8, 4) is 11.5 Å². The van der Waals surface area contributed by atoms with Crippen molar-refractivity contribution < 1.29 is 14.6 Å². The summed E-state index contributed by atoms with van der Waals surface area (Å²) in [7, 11) is 0. The van der Waals surface area contributed by atoms with E-state index in [0.717, 1.165) is 37.3 Å². The number of aliphatic hydroxyl groups excluding tert-OH is 1. The van der Waals surface area contributed by atoms with Gasteiger partial charge < -0.3 is 19.9 Å². The molecule has 0 amide bonds. The minimum Gasteiger partial charge on any atom is -0.490 e. The highest BCUT2D eigenvalue weighted by molar-refractivity contribution is 5.39. The third kappa shape index (κ3) is 6.36. The van der Waals surface area contributed by atoms with Crippen molar-refractivity contribution in [1.82, 2.24) is 5.32 Å². The lowest BCUT2D eigenvalue weighted by Crippen LogP contribution is -2.45. The fourth-order valence-electron chi connectivity index (χ4n) is 2.29. The van der Waals surface area contributed by atoms with E-state index in [4.69, 9.17) is 9.47 Å². The Kier molecular flexibility index (Phi) is 8.16. The van der Waals surface area contributed by atoms with Crippen LogP contribution >= 0.6 is 0 Å². The minimum atomic E-state index is -0.183. The molecule has 120 valence electrons. The molecule has 0 saturated heterocycles. The number of para-hydroxylation sites is 2. The van der Waals surface area contributed by atoms with Crippen LogP contribution in [0.5, 0.6) is 11.5 Å². The average Bonchev–Trinajstić information content (AvgIpc) is 2.49. The van der Waals surface area contributed by atoms with E-state index in [2.05, 4.69) is 19.2 Å². The Morgan fingerprint density at radius 3 is 2.33 bits per heavy atom. The largest absolute Gasteiger partial charge is 0.490 e. The summed E-state index contributed by atoms with van der Waals surface area (Å²) in [5.41, 5.74) is -0.183. The molecule has 4 nitrogen and oxygen atoms in total. The van der Waals surface area contributed by atoms with E-state index < -0.39 is 0 Å². The Balaban J connectivity index is 2.31. The third-order valence-corrected chi connectivity index (χ3v) is 3.48. The van der Waals surface area contributed by atoms with Crippen LogP contribution in [0.2, 0.25) is 0 Å². The van der Waals surface area contributed by atoms with E-state index in [-0.39, 0.29) is 12.1 Å². The molecule has 0 saturated carbocycles. The number of hydrogen-bond donors (Lipinski definition) is 2. The van der Waals surface area contributed by atoms with Gasteiger partial charge in [0.05, 0.1) is 19.8 Å². The fraction of sp³-hybridized carbons (Fsp3) is 0.647. The van der Waals surface area contributed by atoms with Crippen LogP contribution in [0.4, 0.5) is 0 Å². The maximum Gasteiger partial charge on any atom is 0.161 e. The molecule has 1 atom stereocenters. The highest BCUT2D eigenvalue weighted by atomic mass is 16.5. The van der Waals surface area contributed by atoms with Crippen LogP contribution in [-0.2, 0) is 0 Å². The van der Waals surface area contributed by atoms with Gasteiger partial charge in [-0.1, -0.05) is 19.1 Å². The van der Waals surface area contributed by atoms with E-state index in [1.807, 2.05) is 31.2 Å². The van der Waals surface area contributed by atoms with Gasteiger partial charge >= 0.3 is 0 Å². The molecule has 2 N–H and O–H groups in total. The van der Waals surface area contributed by atoms with Crippen molar-refractivity contribution in [2.45, 2.75) is 45.6 Å². The first-order valence-corrected chi connectivity index (χ1v) is 7.85. The van der Waals surface area contributed by atoms with E-state index >= 15 is 0 Å². The molecule has 0 aliphatic rings. The highest BCUT2D eigenvalue weighted by Crippen LogP contribution is 2.26. The highest BCUT2D eigenvalue weighted by Gasteiger charge is 2.20. The van der Waals surface area contributed by atoms with Crippen molar-refractivity contribution in [2.24, 2.45) is 0 Å². The van der Waals surface area contributed by atoms with Crippen molar-refractivity contribution in [1.29, 1.82) is 0 Å². The number of benzene rings is 1. The van der Waals surface area contributed by atoms with Gasteiger partial charge in [-0.3, -0.25) is 0 Å². The van der Waals surface area contributed by atoms with Gasteiger partial charge in [-0.2, -0.15) is 0 Å². The predicted molar refractivity (Wildman–Crippen MR) is 86.1 cm³/mol. The molecule has 0 spiro atoms. The van der Waals surface area contributed by atoms with Crippen LogP contribution in [0.3, 0.4) is 0 Å². The van der Waals surface area contributed by atoms with Crippen LogP contribution in [0.25, 0.3) is 0 Å². The van der Waals surface area contributed by atoms with Crippen molar-refractivity contribution in [2.75, 3.05) is 26.4 Å². The summed E-state index contributed by atoms with van der Waals surface area (Å²) in [6.07, 6.45) is 2.91. The lowest BCUT2D eigenvalue weighted by Gasteiger charge is -2.28. The molecular formula is C17H29NO3. The molecule has 0 heterocycles. The zero-order valence-electron chi connectivity index (χ0n) is 13.5. The van der Waals surface area contributed by atoms with E-state index in [0.29, 0.717) is 13.2 Å². The normalized spacial score (nSPS) is 13.7. The Hall–Kier alpha value is -1.26. The summed E-state index contributed by atoms with van der Waals surface area (Å²) >= 11 is 0. The topological polar surface area (TPSA) is 50.7 Å². The smallest absolute Gasteiger partial charge is 0.161 e. The molecule has 4 heteroatoms. The Morgan fingerprint density at radius 2 is 1.76 bits per heavy atom. The van der Waals surface area contributed by atoms with Crippen LogP contribution in [0.15, 0.2) is 24.3 Å². The molecule has 0 aliphatic heterocycles. The maximum atomic E-state index is 9.44. The Labute approximate surface area is 128 Å². The van der Waals surface area contributed by atoms with Gasteiger partial charge in [-0.25, -0.2) is 0 Å². The van der Waals surface area contributed by atoms with Gasteiger partial charge in [0.25, 0.3) is 0 Å². The first-order chi connectivity index (χ1) is 10.1. The van der Waals surface area contributed by atoms with E-state index in [9.17, 15) is 5.11 Å². The second kappa shape index (κ2) is 9.64. The maximum absolute atomic E-state index is 9.44. The van der Waals surface area contributed by atoms with E-state index in [1.54, 1.807) is 0 Å². The monoisotopic (exact) mass is 295 g/mol. The van der Waals surface area contributed by atoms with Gasteiger partial charge in [-0.15, -0.1) is 0 Å². The lowest BCUT2D eigenvalue weighted by atomic mass is 9.96. The van der Waals surface area contributed by atoms with Crippen LogP contribution in [0, 0.1) is 0 Å². The van der Waals surface area contributed by atoms with Gasteiger partial charge in [0.15, 0.2) is 11.5 Å². The molecule has 0 aliphatic carbocycles. The first-order valence-electron chi connectivity index (χ1n) is 7.85. The summed E-state index contributed by atoms with van der Waals surface area (Å²) in [5.74, 6) is 1.60. The third-order valence-electron chi connectivity index (χ3n) is 3.48. The molecule has 1 unspecified atom stereocenters. The Morgan fingerprint density at radius 1 is 1.10 bits per heavy atom. The number of hydrogen-bond acceptors (Lipinski definition) is 4. The van der Waals surface area contributed by atoms with Crippen LogP contribution < -0.4 is 14.8 Å². The zero-order chi connectivity index (χ0) is 15.6. The number of unbranched alkanes of at least 4 members (excludes halogenated alkanes) is 1. The predicted octanol–water partition coefficient (Wildman–Crippen LogP) is 2.99. The molecule has 0 radical (unpaired) electrons. The molecule has 1 aromatic rings. The number of nitrogens with one attached hydrogen (secondary N) is 1. The second-order valence-corrected chi connectivity index (χ2v) is 5.43. The van der Waals surface area contributed by atoms with Crippen molar-refractivity contribution >= 4 is 0 Å². The number of ether oxygens (including phenoxy) is 2. The summed E-state index contributed by atoms with van der Waals surface area (Å²) < 4.78 is 11.3. The molecular weight excluding hydrogens is 266 g/mol. The van der Waals surface area contributed by atoms with Crippen LogP contribution in [0.1, 0.15) is 40.0 Å². The molecule has 0 bridgehead atoms. The summed E-state index contributed by atoms with van der Waals surface area (Å²) in [5, 5.41) is 12.8. The van der Waals surface area contributed by atoms with Gasteiger partial charge in [-0.05, 0) is 51.8 Å². The second-order valence-electron chi connectivity index (χ2n) is 5.43. The molecule has 0 aromatic heterocycles. The first kappa shape index (κ1) is 17.8.